The van der Waals surface area contributed by atoms with Crippen LogP contribution in [0.25, 0.3) is 0 Å². The lowest BCUT2D eigenvalue weighted by molar-refractivity contribution is -0.117. The Bertz CT molecular complexity index is 857. The summed E-state index contributed by atoms with van der Waals surface area (Å²) in [5.41, 5.74) is 1.34. The van der Waals surface area contributed by atoms with Crippen molar-refractivity contribution in [1.29, 1.82) is 0 Å². The first-order valence-corrected chi connectivity index (χ1v) is 9.20. The predicted octanol–water partition coefficient (Wildman–Crippen LogP) is 3.53. The number of nitrogens with zero attached hydrogens (tertiary/aromatic N) is 1. The maximum absolute atomic E-state index is 12.3. The third-order valence-corrected chi connectivity index (χ3v) is 4.80. The monoisotopic (exact) mass is 403 g/mol. The molecular weight excluding hydrogens is 382 g/mol. The van der Waals surface area contributed by atoms with Gasteiger partial charge in [-0.1, -0.05) is 11.6 Å². The molecule has 1 heterocycles. The van der Waals surface area contributed by atoms with Gasteiger partial charge in [-0.15, -0.1) is 0 Å². The number of halogens is 1. The van der Waals surface area contributed by atoms with Crippen LogP contribution in [0.2, 0.25) is 5.02 Å². The number of amides is 3. The number of rotatable bonds is 6. The van der Waals surface area contributed by atoms with Crippen molar-refractivity contribution in [2.45, 2.75) is 6.42 Å². The Morgan fingerprint density at radius 1 is 1.18 bits per heavy atom. The van der Waals surface area contributed by atoms with Crippen molar-refractivity contribution in [2.75, 3.05) is 37.5 Å². The van der Waals surface area contributed by atoms with Crippen LogP contribution in [-0.4, -0.2) is 39.2 Å². The van der Waals surface area contributed by atoms with Crippen LogP contribution in [0.5, 0.6) is 11.5 Å². The van der Waals surface area contributed by atoms with E-state index in [0.717, 1.165) is 5.69 Å². The maximum atomic E-state index is 12.3. The summed E-state index contributed by atoms with van der Waals surface area (Å²) in [6, 6.07) is 11.9. The smallest absolute Gasteiger partial charge is 0.319 e. The van der Waals surface area contributed by atoms with E-state index in [1.807, 2.05) is 12.1 Å². The van der Waals surface area contributed by atoms with Crippen molar-refractivity contribution in [3.8, 4) is 11.5 Å². The van der Waals surface area contributed by atoms with Crippen molar-refractivity contribution in [2.24, 2.45) is 5.92 Å². The van der Waals surface area contributed by atoms with Crippen molar-refractivity contribution < 1.29 is 19.1 Å². The van der Waals surface area contributed by atoms with Gasteiger partial charge in [0.2, 0.25) is 5.91 Å². The zero-order valence-electron chi connectivity index (χ0n) is 15.7. The molecule has 0 aromatic heterocycles. The van der Waals surface area contributed by atoms with Gasteiger partial charge in [-0.05, 0) is 36.4 Å². The lowest BCUT2D eigenvalue weighted by Crippen LogP contribution is -2.34. The first kappa shape index (κ1) is 19.8. The number of carbonyl (C=O) groups is 2. The van der Waals surface area contributed by atoms with Crippen molar-refractivity contribution in [3.63, 3.8) is 0 Å². The molecule has 0 radical (unpaired) electrons. The molecule has 1 saturated heterocycles. The largest absolute Gasteiger partial charge is 0.497 e. The van der Waals surface area contributed by atoms with E-state index in [-0.39, 0.29) is 17.9 Å². The van der Waals surface area contributed by atoms with Gasteiger partial charge in [0, 0.05) is 42.2 Å². The van der Waals surface area contributed by atoms with Crippen LogP contribution in [0.15, 0.2) is 42.5 Å². The summed E-state index contributed by atoms with van der Waals surface area (Å²) in [5.74, 6) is 1.20. The van der Waals surface area contributed by atoms with Crippen LogP contribution >= 0.6 is 11.6 Å². The van der Waals surface area contributed by atoms with E-state index < -0.39 is 0 Å². The minimum atomic E-state index is -0.360. The average Bonchev–Trinajstić information content (AvgIpc) is 3.08. The topological polar surface area (TPSA) is 79.9 Å². The zero-order valence-corrected chi connectivity index (χ0v) is 16.5. The van der Waals surface area contributed by atoms with Gasteiger partial charge in [0.25, 0.3) is 0 Å². The number of benzene rings is 2. The second-order valence-electron chi connectivity index (χ2n) is 6.45. The van der Waals surface area contributed by atoms with Crippen molar-refractivity contribution in [3.05, 3.63) is 47.5 Å². The second-order valence-corrected chi connectivity index (χ2v) is 6.89. The minimum absolute atomic E-state index is 0.0337. The Hall–Kier alpha value is -2.93. The van der Waals surface area contributed by atoms with Crippen LogP contribution in [0.4, 0.5) is 16.2 Å². The minimum Gasteiger partial charge on any atom is -0.497 e. The molecule has 28 heavy (non-hydrogen) atoms. The van der Waals surface area contributed by atoms with Gasteiger partial charge in [-0.25, -0.2) is 4.79 Å². The van der Waals surface area contributed by atoms with Crippen molar-refractivity contribution >= 4 is 34.9 Å². The fraction of sp³-hybridized carbons (Fsp3) is 0.300. The fourth-order valence-corrected chi connectivity index (χ4v) is 3.22. The second kappa shape index (κ2) is 8.84. The van der Waals surface area contributed by atoms with Crippen LogP contribution < -0.4 is 25.0 Å². The number of methoxy groups -OCH3 is 2. The average molecular weight is 404 g/mol. The Balaban J connectivity index is 1.54. The van der Waals surface area contributed by atoms with Gasteiger partial charge >= 0.3 is 6.03 Å². The lowest BCUT2D eigenvalue weighted by atomic mass is 10.1. The summed E-state index contributed by atoms with van der Waals surface area (Å²) < 4.78 is 10.4. The van der Waals surface area contributed by atoms with Gasteiger partial charge in [0.1, 0.15) is 11.5 Å². The van der Waals surface area contributed by atoms with Crippen molar-refractivity contribution in [1.82, 2.24) is 5.32 Å². The molecule has 0 bridgehead atoms. The molecule has 0 saturated carbocycles. The van der Waals surface area contributed by atoms with E-state index in [2.05, 4.69) is 10.6 Å². The van der Waals surface area contributed by atoms with E-state index in [1.54, 1.807) is 42.3 Å². The van der Waals surface area contributed by atoms with Gasteiger partial charge in [-0.3, -0.25) is 4.79 Å². The Labute approximate surface area is 168 Å². The highest BCUT2D eigenvalue weighted by Crippen LogP contribution is 2.29. The van der Waals surface area contributed by atoms with Crippen LogP contribution in [0.1, 0.15) is 6.42 Å². The molecule has 1 fully saturated rings. The van der Waals surface area contributed by atoms with Gasteiger partial charge < -0.3 is 25.0 Å². The van der Waals surface area contributed by atoms with Crippen LogP contribution in [0.3, 0.4) is 0 Å². The van der Waals surface area contributed by atoms with E-state index in [1.165, 1.54) is 7.11 Å². The van der Waals surface area contributed by atoms with Crippen LogP contribution in [0, 0.1) is 5.92 Å². The molecule has 2 aromatic rings. The van der Waals surface area contributed by atoms with E-state index in [4.69, 9.17) is 21.1 Å². The highest BCUT2D eigenvalue weighted by atomic mass is 35.5. The first-order valence-electron chi connectivity index (χ1n) is 8.83. The molecule has 148 valence electrons. The molecule has 2 aromatic carbocycles. The SMILES string of the molecule is COc1ccc(NC(=O)NCC2CC(=O)N(c3ccc(Cl)cc3)C2)c(OC)c1. The number of ether oxygens (including phenoxy) is 2. The fourth-order valence-electron chi connectivity index (χ4n) is 3.09. The standard InChI is InChI=1S/C20H22ClN3O4/c1-27-16-7-8-17(18(10-16)28-2)23-20(26)22-11-13-9-19(25)24(12-13)15-5-3-14(21)4-6-15/h3-8,10,13H,9,11-12H2,1-2H3,(H2,22,23,26). The molecule has 0 aliphatic carbocycles. The molecule has 1 aliphatic heterocycles. The first-order chi connectivity index (χ1) is 13.5. The number of urea groups is 1. The Kier molecular flexibility index (Phi) is 6.26. The van der Waals surface area contributed by atoms with Gasteiger partial charge in [-0.2, -0.15) is 0 Å². The molecule has 3 amide bonds. The number of nitrogens with one attached hydrogen (secondary N) is 2. The number of anilines is 2. The van der Waals surface area contributed by atoms with Gasteiger partial charge in [0.15, 0.2) is 0 Å². The third-order valence-electron chi connectivity index (χ3n) is 4.55. The molecule has 8 heteroatoms. The molecule has 3 rings (SSSR count). The summed E-state index contributed by atoms with van der Waals surface area (Å²) in [6.45, 7) is 0.937. The summed E-state index contributed by atoms with van der Waals surface area (Å²) in [7, 11) is 3.08. The molecule has 7 nitrogen and oxygen atoms in total. The molecular formula is C20H22ClN3O4. The number of hydrogen-bond donors (Lipinski definition) is 2. The summed E-state index contributed by atoms with van der Waals surface area (Å²) in [6.07, 6.45) is 0.384. The highest BCUT2D eigenvalue weighted by Gasteiger charge is 2.30. The lowest BCUT2D eigenvalue weighted by Gasteiger charge is -2.17. The molecule has 0 spiro atoms. The predicted molar refractivity (Wildman–Crippen MR) is 108 cm³/mol. The zero-order chi connectivity index (χ0) is 20.1. The molecule has 1 atom stereocenters. The quantitative estimate of drug-likeness (QED) is 0.773. The van der Waals surface area contributed by atoms with E-state index in [9.17, 15) is 9.59 Å². The van der Waals surface area contributed by atoms with Gasteiger partial charge in [0.05, 0.1) is 19.9 Å². The maximum Gasteiger partial charge on any atom is 0.319 e. The normalized spacial score (nSPS) is 16.0. The number of hydrogen-bond acceptors (Lipinski definition) is 4. The third kappa shape index (κ3) is 4.67. The highest BCUT2D eigenvalue weighted by molar-refractivity contribution is 6.30. The summed E-state index contributed by atoms with van der Waals surface area (Å²) in [5, 5.41) is 6.20. The molecule has 1 aliphatic rings. The van der Waals surface area contributed by atoms with Crippen LogP contribution in [-0.2, 0) is 4.79 Å². The Morgan fingerprint density at radius 2 is 1.93 bits per heavy atom. The Morgan fingerprint density at radius 3 is 2.61 bits per heavy atom. The number of carbonyl (C=O) groups excluding carboxylic acids is 2. The summed E-state index contributed by atoms with van der Waals surface area (Å²) >= 11 is 5.90. The summed E-state index contributed by atoms with van der Waals surface area (Å²) in [4.78, 5) is 26.2. The molecule has 1 unspecified atom stereocenters. The van der Waals surface area contributed by atoms with E-state index >= 15 is 0 Å². The molecule has 2 N–H and O–H groups in total. The van der Waals surface area contributed by atoms with E-state index in [0.29, 0.717) is 41.7 Å².